The van der Waals surface area contributed by atoms with Gasteiger partial charge in [0.25, 0.3) is 0 Å². The molecule has 1 aromatic rings. The summed E-state index contributed by atoms with van der Waals surface area (Å²) >= 11 is 0. The highest BCUT2D eigenvalue weighted by Gasteiger charge is 2.30. The van der Waals surface area contributed by atoms with Crippen LogP contribution < -0.4 is 0 Å². The van der Waals surface area contributed by atoms with Gasteiger partial charge in [-0.15, -0.1) is 0 Å². The van der Waals surface area contributed by atoms with E-state index in [1.165, 1.54) is 0 Å². The molecule has 0 N–H and O–H groups in total. The zero-order chi connectivity index (χ0) is 9.26. The molecule has 1 fully saturated rings. The van der Waals surface area contributed by atoms with Crippen LogP contribution in [0.2, 0.25) is 0 Å². The number of benzene rings is 1. The number of hydrogen-bond acceptors (Lipinski definition) is 2. The van der Waals surface area contributed by atoms with Crippen molar-refractivity contribution < 1.29 is 9.53 Å². The molecule has 1 aliphatic rings. The van der Waals surface area contributed by atoms with E-state index in [1.54, 1.807) is 0 Å². The minimum atomic E-state index is -0.231. The SMILES string of the molecule is C[C@H]1O[C@H](c2ccccc2)CC1=O. The van der Waals surface area contributed by atoms with Gasteiger partial charge in [0, 0.05) is 6.42 Å². The Morgan fingerprint density at radius 1 is 1.31 bits per heavy atom. The lowest BCUT2D eigenvalue weighted by atomic mass is 10.1. The number of hydrogen-bond donors (Lipinski definition) is 0. The zero-order valence-electron chi connectivity index (χ0n) is 7.57. The maximum atomic E-state index is 11.2. The van der Waals surface area contributed by atoms with Crippen LogP contribution in [0.25, 0.3) is 0 Å². The molecule has 2 atom stereocenters. The topological polar surface area (TPSA) is 26.3 Å². The van der Waals surface area contributed by atoms with Gasteiger partial charge in [-0.3, -0.25) is 4.79 Å². The summed E-state index contributed by atoms with van der Waals surface area (Å²) in [6, 6.07) is 9.88. The fourth-order valence-corrected chi connectivity index (χ4v) is 1.58. The monoisotopic (exact) mass is 176 g/mol. The van der Waals surface area contributed by atoms with Crippen molar-refractivity contribution in [2.45, 2.75) is 25.6 Å². The molecule has 2 nitrogen and oxygen atoms in total. The Morgan fingerprint density at radius 3 is 2.54 bits per heavy atom. The maximum Gasteiger partial charge on any atom is 0.164 e. The zero-order valence-corrected chi connectivity index (χ0v) is 7.57. The van der Waals surface area contributed by atoms with Gasteiger partial charge in [-0.1, -0.05) is 30.3 Å². The average molecular weight is 176 g/mol. The lowest BCUT2D eigenvalue weighted by molar-refractivity contribution is -0.121. The molecule has 13 heavy (non-hydrogen) atoms. The predicted octanol–water partition coefficient (Wildman–Crippen LogP) is 2.11. The first-order valence-electron chi connectivity index (χ1n) is 4.50. The summed E-state index contributed by atoms with van der Waals surface area (Å²) in [5.41, 5.74) is 1.10. The fraction of sp³-hybridized carbons (Fsp3) is 0.364. The molecule has 0 saturated carbocycles. The Morgan fingerprint density at radius 2 is 2.00 bits per heavy atom. The third-order valence-electron chi connectivity index (χ3n) is 2.38. The summed E-state index contributed by atoms with van der Waals surface area (Å²) in [5, 5.41) is 0. The van der Waals surface area contributed by atoms with Crippen molar-refractivity contribution in [1.29, 1.82) is 0 Å². The average Bonchev–Trinajstić information content (AvgIpc) is 2.49. The van der Waals surface area contributed by atoms with Crippen molar-refractivity contribution in [3.8, 4) is 0 Å². The molecule has 0 radical (unpaired) electrons. The van der Waals surface area contributed by atoms with Crippen LogP contribution in [0.5, 0.6) is 0 Å². The number of carbonyl (C=O) groups is 1. The molecule has 2 heteroatoms. The van der Waals surface area contributed by atoms with Crippen molar-refractivity contribution in [3.05, 3.63) is 35.9 Å². The van der Waals surface area contributed by atoms with Gasteiger partial charge in [-0.2, -0.15) is 0 Å². The number of ether oxygens (including phenoxy) is 1. The van der Waals surface area contributed by atoms with Gasteiger partial charge in [0.1, 0.15) is 6.10 Å². The van der Waals surface area contributed by atoms with Crippen molar-refractivity contribution in [1.82, 2.24) is 0 Å². The van der Waals surface area contributed by atoms with Crippen LogP contribution in [0.1, 0.15) is 25.0 Å². The first-order valence-corrected chi connectivity index (χ1v) is 4.50. The van der Waals surface area contributed by atoms with Gasteiger partial charge in [0.15, 0.2) is 5.78 Å². The second kappa shape index (κ2) is 3.30. The molecule has 0 aliphatic carbocycles. The molecule has 1 heterocycles. The van der Waals surface area contributed by atoms with Crippen molar-refractivity contribution >= 4 is 5.78 Å². The second-order valence-electron chi connectivity index (χ2n) is 3.35. The molecule has 1 saturated heterocycles. The highest BCUT2D eigenvalue weighted by molar-refractivity contribution is 5.85. The van der Waals surface area contributed by atoms with Crippen LogP contribution in [0.3, 0.4) is 0 Å². The molecule has 1 aliphatic heterocycles. The molecule has 2 rings (SSSR count). The van der Waals surface area contributed by atoms with Crippen LogP contribution in [0.15, 0.2) is 30.3 Å². The van der Waals surface area contributed by atoms with E-state index >= 15 is 0 Å². The van der Waals surface area contributed by atoms with Gasteiger partial charge in [0.05, 0.1) is 6.10 Å². The summed E-state index contributed by atoms with van der Waals surface area (Å²) in [6.45, 7) is 1.81. The van der Waals surface area contributed by atoms with Crippen LogP contribution in [-0.4, -0.2) is 11.9 Å². The maximum absolute atomic E-state index is 11.2. The molecule has 0 amide bonds. The first kappa shape index (κ1) is 8.45. The minimum Gasteiger partial charge on any atom is -0.362 e. The number of Topliss-reactive ketones (excluding diaryl/α,β-unsaturated/α-hetero) is 1. The van der Waals surface area contributed by atoms with Crippen molar-refractivity contribution in [2.75, 3.05) is 0 Å². The lowest BCUT2D eigenvalue weighted by Crippen LogP contribution is -2.08. The number of ketones is 1. The highest BCUT2D eigenvalue weighted by Crippen LogP contribution is 2.29. The second-order valence-corrected chi connectivity index (χ2v) is 3.35. The third kappa shape index (κ3) is 1.63. The normalized spacial score (nSPS) is 27.9. The predicted molar refractivity (Wildman–Crippen MR) is 49.4 cm³/mol. The minimum absolute atomic E-state index is 0.0244. The molecule has 1 aromatic carbocycles. The third-order valence-corrected chi connectivity index (χ3v) is 2.38. The van der Waals surface area contributed by atoms with Crippen LogP contribution in [0, 0.1) is 0 Å². The first-order chi connectivity index (χ1) is 6.27. The summed E-state index contributed by atoms with van der Waals surface area (Å²) in [4.78, 5) is 11.2. The van der Waals surface area contributed by atoms with E-state index in [0.29, 0.717) is 6.42 Å². The fourth-order valence-electron chi connectivity index (χ4n) is 1.58. The van der Waals surface area contributed by atoms with Gasteiger partial charge < -0.3 is 4.74 Å². The van der Waals surface area contributed by atoms with E-state index in [1.807, 2.05) is 37.3 Å². The Bertz CT molecular complexity index is 305. The lowest BCUT2D eigenvalue weighted by Gasteiger charge is -2.09. The number of rotatable bonds is 1. The largest absolute Gasteiger partial charge is 0.362 e. The molecule has 0 unspecified atom stereocenters. The van der Waals surface area contributed by atoms with Crippen LogP contribution in [-0.2, 0) is 9.53 Å². The van der Waals surface area contributed by atoms with E-state index in [0.717, 1.165) is 5.56 Å². The summed E-state index contributed by atoms with van der Waals surface area (Å²) < 4.78 is 5.51. The Balaban J connectivity index is 2.17. The highest BCUT2D eigenvalue weighted by atomic mass is 16.5. The van der Waals surface area contributed by atoms with E-state index < -0.39 is 0 Å². The van der Waals surface area contributed by atoms with Crippen molar-refractivity contribution in [3.63, 3.8) is 0 Å². The quantitative estimate of drug-likeness (QED) is 0.655. The van der Waals surface area contributed by atoms with E-state index in [2.05, 4.69) is 0 Å². The van der Waals surface area contributed by atoms with Gasteiger partial charge in [-0.05, 0) is 12.5 Å². The van der Waals surface area contributed by atoms with E-state index in [-0.39, 0.29) is 18.0 Å². The number of carbonyl (C=O) groups excluding carboxylic acids is 1. The summed E-state index contributed by atoms with van der Waals surface area (Å²) in [7, 11) is 0. The van der Waals surface area contributed by atoms with Gasteiger partial charge in [0.2, 0.25) is 0 Å². The molecular weight excluding hydrogens is 164 g/mol. The molecule has 0 bridgehead atoms. The Kier molecular flexibility index (Phi) is 2.15. The smallest absolute Gasteiger partial charge is 0.164 e. The van der Waals surface area contributed by atoms with E-state index in [9.17, 15) is 4.79 Å². The van der Waals surface area contributed by atoms with Crippen LogP contribution >= 0.6 is 0 Å². The molecule has 0 spiro atoms. The Labute approximate surface area is 77.5 Å². The van der Waals surface area contributed by atoms with Gasteiger partial charge >= 0.3 is 0 Å². The summed E-state index contributed by atoms with van der Waals surface area (Å²) in [5.74, 6) is 0.203. The standard InChI is InChI=1S/C11H12O2/c1-8-10(12)7-11(13-8)9-5-3-2-4-6-9/h2-6,8,11H,7H2,1H3/t8-,11+/m1/s1. The Hall–Kier alpha value is -1.15. The van der Waals surface area contributed by atoms with Crippen molar-refractivity contribution in [2.24, 2.45) is 0 Å². The molecular formula is C11H12O2. The summed E-state index contributed by atoms with van der Waals surface area (Å²) in [6.07, 6.45) is 0.263. The van der Waals surface area contributed by atoms with Crippen LogP contribution in [0.4, 0.5) is 0 Å². The molecule has 68 valence electrons. The van der Waals surface area contributed by atoms with E-state index in [4.69, 9.17) is 4.74 Å². The molecule has 0 aromatic heterocycles. The van der Waals surface area contributed by atoms with Gasteiger partial charge in [-0.25, -0.2) is 0 Å².